The fourth-order valence-corrected chi connectivity index (χ4v) is 1.23. The second kappa shape index (κ2) is 4.56. The van der Waals surface area contributed by atoms with Crippen LogP contribution in [0, 0.1) is 0 Å². The maximum Gasteiger partial charge on any atom is 0.338 e. The summed E-state index contributed by atoms with van der Waals surface area (Å²) in [6.45, 7) is 0.290. The molecule has 0 radical (unpaired) electrons. The lowest BCUT2D eigenvalue weighted by molar-refractivity contribution is 0.0696. The van der Waals surface area contributed by atoms with Crippen LogP contribution in [0.2, 0.25) is 0 Å². The molecule has 0 aliphatic rings. The third-order valence-electron chi connectivity index (χ3n) is 2.10. The Morgan fingerprint density at radius 2 is 2.18 bits per heavy atom. The van der Waals surface area contributed by atoms with Gasteiger partial charge in [-0.1, -0.05) is 0 Å². The lowest BCUT2D eigenvalue weighted by Crippen LogP contribution is -2.21. The smallest absolute Gasteiger partial charge is 0.338 e. The van der Waals surface area contributed by atoms with Gasteiger partial charge in [-0.25, -0.2) is 4.79 Å². The Labute approximate surface area is 95.8 Å². The minimum Gasteiger partial charge on any atom is -0.478 e. The van der Waals surface area contributed by atoms with Gasteiger partial charge in [0, 0.05) is 18.2 Å². The normalized spacial score (nSPS) is 10.1. The summed E-state index contributed by atoms with van der Waals surface area (Å²) in [6, 6.07) is 2.89. The molecule has 2 rings (SSSR count). The highest BCUT2D eigenvalue weighted by Gasteiger charge is 2.14. The molecule has 0 bridgehead atoms. The van der Waals surface area contributed by atoms with Crippen LogP contribution in [0.4, 0.5) is 0 Å². The highest BCUT2D eigenvalue weighted by Crippen LogP contribution is 2.08. The number of carboxylic acid groups (broad SMARTS) is 1. The van der Waals surface area contributed by atoms with Gasteiger partial charge in [-0.3, -0.25) is 4.79 Å². The van der Waals surface area contributed by atoms with Gasteiger partial charge >= 0.3 is 5.97 Å². The summed E-state index contributed by atoms with van der Waals surface area (Å²) in [5.41, 5.74) is 0.752. The molecule has 6 nitrogen and oxygen atoms in total. The number of amides is 1. The maximum absolute atomic E-state index is 11.5. The first-order valence-electron chi connectivity index (χ1n) is 4.78. The lowest BCUT2D eigenvalue weighted by Gasteiger charge is -1.99. The number of furan rings is 2. The topological polar surface area (TPSA) is 92.7 Å². The predicted molar refractivity (Wildman–Crippen MR) is 55.5 cm³/mol. The number of hydrogen-bond donors (Lipinski definition) is 2. The minimum absolute atomic E-state index is 0.0362. The molecule has 0 spiro atoms. The molecule has 0 aliphatic heterocycles. The summed E-state index contributed by atoms with van der Waals surface area (Å²) in [5.74, 6) is -1.65. The van der Waals surface area contributed by atoms with Crippen LogP contribution in [0.5, 0.6) is 0 Å². The highest BCUT2D eigenvalue weighted by atomic mass is 16.4. The maximum atomic E-state index is 11.5. The predicted octanol–water partition coefficient (Wildman–Crippen LogP) is 1.50. The molecule has 6 heteroatoms. The molecule has 0 fully saturated rings. The number of carbonyl (C=O) groups is 2. The summed E-state index contributed by atoms with van der Waals surface area (Å²) >= 11 is 0. The van der Waals surface area contributed by atoms with Crippen molar-refractivity contribution in [2.75, 3.05) is 0 Å². The molecule has 1 amide bonds. The molecule has 17 heavy (non-hydrogen) atoms. The third-order valence-corrected chi connectivity index (χ3v) is 2.10. The molecule has 2 N–H and O–H groups in total. The molecule has 88 valence electrons. The molecule has 2 aromatic rings. The standard InChI is InChI=1S/C11H9NO5/c13-10(12-4-7-1-2-16-5-7)9-3-8(6-17-9)11(14)15/h1-3,5-6H,4H2,(H,12,13)(H,14,15). The lowest BCUT2D eigenvalue weighted by atomic mass is 10.3. The van der Waals surface area contributed by atoms with E-state index in [0.29, 0.717) is 6.54 Å². The Morgan fingerprint density at radius 1 is 1.35 bits per heavy atom. The number of hydrogen-bond acceptors (Lipinski definition) is 4. The van der Waals surface area contributed by atoms with Crippen LogP contribution in [-0.2, 0) is 6.54 Å². The second-order valence-corrected chi connectivity index (χ2v) is 3.32. The Bertz CT molecular complexity index is 526. The Kier molecular flexibility index (Phi) is 2.95. The molecule has 0 aliphatic carbocycles. The van der Waals surface area contributed by atoms with Crippen LogP contribution in [0.15, 0.2) is 39.8 Å². The van der Waals surface area contributed by atoms with Crippen LogP contribution in [0.25, 0.3) is 0 Å². The van der Waals surface area contributed by atoms with E-state index in [1.807, 2.05) is 0 Å². The first-order valence-corrected chi connectivity index (χ1v) is 4.78. The summed E-state index contributed by atoms with van der Waals surface area (Å²) in [4.78, 5) is 22.1. The van der Waals surface area contributed by atoms with Crippen LogP contribution in [0.1, 0.15) is 26.5 Å². The van der Waals surface area contributed by atoms with Gasteiger partial charge in [0.2, 0.25) is 0 Å². The Balaban J connectivity index is 1.97. The molecule has 0 saturated carbocycles. The minimum atomic E-state index is -1.14. The molecular weight excluding hydrogens is 226 g/mol. The number of carboxylic acids is 1. The molecule has 2 heterocycles. The Morgan fingerprint density at radius 3 is 2.76 bits per heavy atom. The van der Waals surface area contributed by atoms with E-state index in [9.17, 15) is 9.59 Å². The van der Waals surface area contributed by atoms with Gasteiger partial charge in [0.1, 0.15) is 6.26 Å². The van der Waals surface area contributed by atoms with Gasteiger partial charge in [0.25, 0.3) is 5.91 Å². The fraction of sp³-hybridized carbons (Fsp3) is 0.0909. The van der Waals surface area contributed by atoms with Crippen LogP contribution in [-0.4, -0.2) is 17.0 Å². The average Bonchev–Trinajstić information content (AvgIpc) is 2.96. The van der Waals surface area contributed by atoms with E-state index in [4.69, 9.17) is 13.9 Å². The van der Waals surface area contributed by atoms with Crippen molar-refractivity contribution in [3.63, 3.8) is 0 Å². The average molecular weight is 235 g/mol. The van der Waals surface area contributed by atoms with Gasteiger partial charge in [-0.15, -0.1) is 0 Å². The Hall–Kier alpha value is -2.50. The summed E-state index contributed by atoms with van der Waals surface area (Å²) < 4.78 is 9.68. The van der Waals surface area contributed by atoms with Crippen LogP contribution in [0.3, 0.4) is 0 Å². The molecule has 0 saturated heterocycles. The van der Waals surface area contributed by atoms with Crippen molar-refractivity contribution in [1.29, 1.82) is 0 Å². The van der Waals surface area contributed by atoms with Crippen molar-refractivity contribution in [3.05, 3.63) is 47.8 Å². The van der Waals surface area contributed by atoms with Gasteiger partial charge in [-0.2, -0.15) is 0 Å². The summed E-state index contributed by atoms with van der Waals surface area (Å²) in [7, 11) is 0. The number of rotatable bonds is 4. The number of carbonyl (C=O) groups excluding carboxylic acids is 1. The largest absolute Gasteiger partial charge is 0.478 e. The van der Waals surface area contributed by atoms with Crippen molar-refractivity contribution in [1.82, 2.24) is 5.32 Å². The van der Waals surface area contributed by atoms with Crippen molar-refractivity contribution >= 4 is 11.9 Å². The van der Waals surface area contributed by atoms with Crippen molar-refractivity contribution in [3.8, 4) is 0 Å². The molecule has 2 aromatic heterocycles. The molecular formula is C11H9NO5. The quantitative estimate of drug-likeness (QED) is 0.837. The van der Waals surface area contributed by atoms with Crippen molar-refractivity contribution < 1.29 is 23.5 Å². The van der Waals surface area contributed by atoms with Gasteiger partial charge in [0.15, 0.2) is 5.76 Å². The molecule has 0 atom stereocenters. The van der Waals surface area contributed by atoms with E-state index in [1.165, 1.54) is 18.6 Å². The van der Waals surface area contributed by atoms with E-state index in [2.05, 4.69) is 5.32 Å². The SMILES string of the molecule is O=C(O)c1coc(C(=O)NCc2ccoc2)c1. The first-order chi connectivity index (χ1) is 8.16. The monoisotopic (exact) mass is 235 g/mol. The van der Waals surface area contributed by atoms with Crippen molar-refractivity contribution in [2.24, 2.45) is 0 Å². The van der Waals surface area contributed by atoms with Gasteiger partial charge in [0.05, 0.1) is 18.1 Å². The zero-order valence-electron chi connectivity index (χ0n) is 8.67. The van der Waals surface area contributed by atoms with E-state index >= 15 is 0 Å². The highest BCUT2D eigenvalue weighted by molar-refractivity contribution is 5.95. The molecule has 0 aromatic carbocycles. The first kappa shape index (κ1) is 11.0. The summed E-state index contributed by atoms with van der Waals surface area (Å²) in [6.07, 6.45) is 4.02. The van der Waals surface area contributed by atoms with E-state index < -0.39 is 11.9 Å². The zero-order chi connectivity index (χ0) is 12.3. The van der Waals surface area contributed by atoms with Gasteiger partial charge in [-0.05, 0) is 6.07 Å². The van der Waals surface area contributed by atoms with E-state index in [0.717, 1.165) is 11.8 Å². The zero-order valence-corrected chi connectivity index (χ0v) is 8.67. The third kappa shape index (κ3) is 2.54. The van der Waals surface area contributed by atoms with Gasteiger partial charge < -0.3 is 19.3 Å². The van der Waals surface area contributed by atoms with Crippen LogP contribution >= 0.6 is 0 Å². The van der Waals surface area contributed by atoms with E-state index in [-0.39, 0.29) is 11.3 Å². The van der Waals surface area contributed by atoms with E-state index in [1.54, 1.807) is 6.07 Å². The number of aromatic carboxylic acids is 1. The van der Waals surface area contributed by atoms with Crippen LogP contribution < -0.4 is 5.32 Å². The summed E-state index contributed by atoms with van der Waals surface area (Å²) in [5, 5.41) is 11.2. The van der Waals surface area contributed by atoms with Crippen molar-refractivity contribution in [2.45, 2.75) is 6.54 Å². The second-order valence-electron chi connectivity index (χ2n) is 3.32. The fourth-order valence-electron chi connectivity index (χ4n) is 1.23. The molecule has 0 unspecified atom stereocenters. The number of nitrogens with one attached hydrogen (secondary N) is 1.